The smallest absolute Gasteiger partial charge is 0.133 e. The fourth-order valence-corrected chi connectivity index (χ4v) is 2.71. The van der Waals surface area contributed by atoms with Crippen molar-refractivity contribution >= 4 is 12.2 Å². The van der Waals surface area contributed by atoms with Crippen LogP contribution in [0.25, 0.3) is 11.3 Å². The van der Waals surface area contributed by atoms with Gasteiger partial charge in [0.25, 0.3) is 0 Å². The van der Waals surface area contributed by atoms with Crippen LogP contribution >= 0.6 is 12.2 Å². The molecule has 1 aromatic heterocycles. The first-order valence-electron chi connectivity index (χ1n) is 7.24. The summed E-state index contributed by atoms with van der Waals surface area (Å²) in [5.41, 5.74) is 4.44. The van der Waals surface area contributed by atoms with E-state index in [0.717, 1.165) is 41.4 Å². The summed E-state index contributed by atoms with van der Waals surface area (Å²) in [5, 5.41) is 0. The van der Waals surface area contributed by atoms with Gasteiger partial charge in [-0.2, -0.15) is 0 Å². The zero-order valence-electron chi connectivity index (χ0n) is 12.9. The number of nitrogens with zero attached hydrogens (tertiary/aromatic N) is 1. The number of nitrogens with one attached hydrogen (secondary N) is 1. The zero-order chi connectivity index (χ0) is 15.2. The molecule has 2 heterocycles. The molecule has 3 nitrogen and oxygen atoms in total. The van der Waals surface area contributed by atoms with Crippen LogP contribution < -0.4 is 4.74 Å². The van der Waals surface area contributed by atoms with Gasteiger partial charge in [-0.25, -0.2) is 4.98 Å². The maximum absolute atomic E-state index is 5.58. The Morgan fingerprint density at radius 2 is 2.05 bits per heavy atom. The van der Waals surface area contributed by atoms with Gasteiger partial charge in [0.1, 0.15) is 16.2 Å². The lowest BCUT2D eigenvalue weighted by Gasteiger charge is -2.20. The van der Waals surface area contributed by atoms with Crippen LogP contribution in [0.3, 0.4) is 0 Å². The lowest BCUT2D eigenvalue weighted by Crippen LogP contribution is -2.17. The van der Waals surface area contributed by atoms with Crippen LogP contribution in [0, 0.1) is 11.6 Å². The van der Waals surface area contributed by atoms with Crippen molar-refractivity contribution in [3.05, 3.63) is 39.8 Å². The van der Waals surface area contributed by atoms with Gasteiger partial charge in [0.15, 0.2) is 0 Å². The first-order valence-corrected chi connectivity index (χ1v) is 7.64. The van der Waals surface area contributed by atoms with Crippen molar-refractivity contribution in [2.75, 3.05) is 6.61 Å². The second-order valence-corrected chi connectivity index (χ2v) is 6.95. The highest BCUT2D eigenvalue weighted by Crippen LogP contribution is 2.32. The number of benzene rings is 1. The topological polar surface area (TPSA) is 37.9 Å². The van der Waals surface area contributed by atoms with E-state index in [1.807, 2.05) is 13.0 Å². The Morgan fingerprint density at radius 3 is 2.76 bits per heavy atom. The molecule has 0 spiro atoms. The third-order valence-corrected chi connectivity index (χ3v) is 4.24. The Kier molecular flexibility index (Phi) is 3.36. The molecule has 3 rings (SSSR count). The van der Waals surface area contributed by atoms with Crippen molar-refractivity contribution in [1.29, 1.82) is 0 Å². The van der Waals surface area contributed by atoms with Crippen molar-refractivity contribution in [1.82, 2.24) is 9.97 Å². The number of rotatable bonds is 1. The van der Waals surface area contributed by atoms with Gasteiger partial charge in [-0.3, -0.25) is 0 Å². The first kappa shape index (κ1) is 14.3. The number of fused-ring (bicyclic) bond motifs is 1. The Morgan fingerprint density at radius 1 is 1.29 bits per heavy atom. The highest BCUT2D eigenvalue weighted by atomic mass is 32.1. The molecule has 1 N–H and O–H groups in total. The molecule has 0 aliphatic carbocycles. The van der Waals surface area contributed by atoms with E-state index in [9.17, 15) is 0 Å². The molecule has 0 amide bonds. The summed E-state index contributed by atoms with van der Waals surface area (Å²) in [6.07, 6.45) is 0.972. The molecular formula is C17H20N2OS. The Labute approximate surface area is 130 Å². The Balaban J connectivity index is 2.18. The molecular weight excluding hydrogens is 280 g/mol. The maximum atomic E-state index is 5.58. The van der Waals surface area contributed by atoms with Crippen LogP contribution in [0.2, 0.25) is 0 Å². The van der Waals surface area contributed by atoms with E-state index in [4.69, 9.17) is 17.0 Å². The molecule has 4 heteroatoms. The number of H-pyrrole nitrogens is 1. The van der Waals surface area contributed by atoms with Crippen LogP contribution in [0.5, 0.6) is 5.75 Å². The summed E-state index contributed by atoms with van der Waals surface area (Å²) < 4.78 is 6.25. The molecule has 1 aliphatic heterocycles. The monoisotopic (exact) mass is 300 g/mol. The summed E-state index contributed by atoms with van der Waals surface area (Å²) in [7, 11) is 0. The quantitative estimate of drug-likeness (QED) is 0.796. The number of hydrogen-bond acceptors (Lipinski definition) is 3. The molecule has 0 saturated carbocycles. The summed E-state index contributed by atoms with van der Waals surface area (Å²) >= 11 is 5.44. The molecule has 1 aromatic carbocycles. The number of hydrogen-bond donors (Lipinski definition) is 1. The first-order chi connectivity index (χ1) is 9.86. The largest absolute Gasteiger partial charge is 0.493 e. The standard InChI is InChI=1S/C17H20N2OS/c1-10-14(18-16(17(2,3)4)19-15(10)21)12-5-6-13-11(9-12)7-8-20-13/h5-6,9H,7-8H2,1-4H3,(H,18,19,21). The van der Waals surface area contributed by atoms with Crippen LogP contribution in [0.1, 0.15) is 37.7 Å². The van der Waals surface area contributed by atoms with Gasteiger partial charge in [-0.1, -0.05) is 33.0 Å². The zero-order valence-corrected chi connectivity index (χ0v) is 13.7. The lowest BCUT2D eigenvalue weighted by atomic mass is 9.95. The third-order valence-electron chi connectivity index (χ3n) is 3.84. The second-order valence-electron chi connectivity index (χ2n) is 6.56. The predicted octanol–water partition coefficient (Wildman–Crippen LogP) is 4.35. The van der Waals surface area contributed by atoms with Crippen LogP contribution in [0.15, 0.2) is 18.2 Å². The van der Waals surface area contributed by atoms with Gasteiger partial charge in [0.05, 0.1) is 12.3 Å². The minimum absolute atomic E-state index is 0.0597. The van der Waals surface area contributed by atoms with Crippen LogP contribution in [-0.2, 0) is 11.8 Å². The highest BCUT2D eigenvalue weighted by molar-refractivity contribution is 7.71. The van der Waals surface area contributed by atoms with Gasteiger partial charge in [0.2, 0.25) is 0 Å². The molecule has 2 aromatic rings. The fourth-order valence-electron chi connectivity index (χ4n) is 2.52. The molecule has 0 saturated heterocycles. The van der Waals surface area contributed by atoms with Crippen molar-refractivity contribution in [3.8, 4) is 17.0 Å². The second kappa shape index (κ2) is 4.95. The molecule has 110 valence electrons. The summed E-state index contributed by atoms with van der Waals surface area (Å²) in [5.74, 6) is 1.92. The normalized spacial score (nSPS) is 13.9. The summed E-state index contributed by atoms with van der Waals surface area (Å²) in [6, 6.07) is 6.33. The van der Waals surface area contributed by atoms with Gasteiger partial charge < -0.3 is 9.72 Å². The predicted molar refractivity (Wildman–Crippen MR) is 87.5 cm³/mol. The Hall–Kier alpha value is -1.68. The van der Waals surface area contributed by atoms with E-state index in [1.54, 1.807) is 0 Å². The van der Waals surface area contributed by atoms with Crippen LogP contribution in [0.4, 0.5) is 0 Å². The van der Waals surface area contributed by atoms with Crippen molar-refractivity contribution in [3.63, 3.8) is 0 Å². The van der Waals surface area contributed by atoms with Gasteiger partial charge in [0, 0.05) is 17.4 Å². The van der Waals surface area contributed by atoms with E-state index in [-0.39, 0.29) is 5.41 Å². The number of ether oxygens (including phenoxy) is 1. The molecule has 0 bridgehead atoms. The number of aromatic nitrogens is 2. The SMILES string of the molecule is Cc1c(-c2ccc3c(c2)CCO3)[nH]c(C(C)(C)C)nc1=S. The molecule has 0 radical (unpaired) electrons. The van der Waals surface area contributed by atoms with Gasteiger partial charge in [-0.05, 0) is 36.2 Å². The fraction of sp³-hybridized carbons (Fsp3) is 0.412. The summed E-state index contributed by atoms with van der Waals surface area (Å²) in [4.78, 5) is 8.02. The molecule has 0 fully saturated rings. The van der Waals surface area contributed by atoms with Crippen molar-refractivity contribution < 1.29 is 4.74 Å². The average molecular weight is 300 g/mol. The molecule has 0 atom stereocenters. The van der Waals surface area contributed by atoms with Crippen LogP contribution in [-0.4, -0.2) is 16.6 Å². The minimum Gasteiger partial charge on any atom is -0.493 e. The van der Waals surface area contributed by atoms with Crippen molar-refractivity contribution in [2.45, 2.75) is 39.5 Å². The van der Waals surface area contributed by atoms with Gasteiger partial charge >= 0.3 is 0 Å². The van der Waals surface area contributed by atoms with E-state index in [1.165, 1.54) is 5.56 Å². The van der Waals surface area contributed by atoms with E-state index in [0.29, 0.717) is 4.64 Å². The van der Waals surface area contributed by atoms with E-state index >= 15 is 0 Å². The van der Waals surface area contributed by atoms with E-state index < -0.39 is 0 Å². The number of aromatic amines is 1. The average Bonchev–Trinajstić information content (AvgIpc) is 2.87. The molecule has 21 heavy (non-hydrogen) atoms. The van der Waals surface area contributed by atoms with E-state index in [2.05, 4.69) is 42.9 Å². The highest BCUT2D eigenvalue weighted by Gasteiger charge is 2.20. The minimum atomic E-state index is -0.0597. The molecule has 0 unspecified atom stereocenters. The lowest BCUT2D eigenvalue weighted by molar-refractivity contribution is 0.357. The molecule has 1 aliphatic rings. The Bertz CT molecular complexity index is 756. The summed E-state index contributed by atoms with van der Waals surface area (Å²) in [6.45, 7) is 9.21. The maximum Gasteiger partial charge on any atom is 0.133 e. The van der Waals surface area contributed by atoms with Crippen molar-refractivity contribution in [2.24, 2.45) is 0 Å². The third kappa shape index (κ3) is 2.60. The van der Waals surface area contributed by atoms with Gasteiger partial charge in [-0.15, -0.1) is 0 Å².